The number of aryl methyl sites for hydroxylation is 2. The minimum absolute atomic E-state index is 0.0517. The Morgan fingerprint density at radius 1 is 1.47 bits per heavy atom. The number of ether oxygens (including phenoxy) is 1. The first-order valence-corrected chi connectivity index (χ1v) is 8.20. The molecule has 0 saturated heterocycles. The van der Waals surface area contributed by atoms with Gasteiger partial charge in [-0.05, 0) is 13.3 Å². The number of alkyl halides is 1. The molecular formula is C11H20ClN3O3S. The molecule has 0 aromatic carbocycles. The lowest BCUT2D eigenvalue weighted by molar-refractivity contribution is 0.155. The van der Waals surface area contributed by atoms with E-state index in [0.29, 0.717) is 24.9 Å². The number of aromatic nitrogens is 2. The third-order valence-electron chi connectivity index (χ3n) is 2.45. The zero-order valence-electron chi connectivity index (χ0n) is 11.2. The van der Waals surface area contributed by atoms with E-state index in [1.54, 1.807) is 13.1 Å². The Morgan fingerprint density at radius 2 is 2.21 bits per heavy atom. The minimum Gasteiger partial charge on any atom is -0.379 e. The summed E-state index contributed by atoms with van der Waals surface area (Å²) in [6.07, 6.45) is 2.48. The quantitative estimate of drug-likeness (QED) is 0.548. The average Bonchev–Trinajstić information content (AvgIpc) is 2.72. The van der Waals surface area contributed by atoms with Crippen LogP contribution < -0.4 is 4.72 Å². The van der Waals surface area contributed by atoms with Gasteiger partial charge in [0.05, 0.1) is 13.2 Å². The molecule has 19 heavy (non-hydrogen) atoms. The largest absolute Gasteiger partial charge is 0.379 e. The van der Waals surface area contributed by atoms with Crippen molar-refractivity contribution in [3.05, 3.63) is 12.0 Å². The van der Waals surface area contributed by atoms with Crippen molar-refractivity contribution >= 4 is 21.6 Å². The SMILES string of the molecule is CCCn1cc(S(=O)(=O)NCCOCCCl)nc1C. The summed E-state index contributed by atoms with van der Waals surface area (Å²) in [4.78, 5) is 4.07. The highest BCUT2D eigenvalue weighted by Crippen LogP contribution is 2.09. The first kappa shape index (κ1) is 16.4. The van der Waals surface area contributed by atoms with E-state index < -0.39 is 10.0 Å². The predicted molar refractivity (Wildman–Crippen MR) is 74.0 cm³/mol. The molecule has 0 spiro atoms. The standard InChI is InChI=1S/C11H20ClN3O3S/c1-3-6-15-9-11(14-10(15)2)19(16,17)13-5-8-18-7-4-12/h9,13H,3-8H2,1-2H3. The smallest absolute Gasteiger partial charge is 0.259 e. The third kappa shape index (κ3) is 5.10. The summed E-state index contributed by atoms with van der Waals surface area (Å²) in [5.74, 6) is 1.09. The molecule has 1 rings (SSSR count). The van der Waals surface area contributed by atoms with Gasteiger partial charge in [-0.1, -0.05) is 6.92 Å². The zero-order chi connectivity index (χ0) is 14.3. The van der Waals surface area contributed by atoms with Gasteiger partial charge in [0.15, 0.2) is 5.03 Å². The van der Waals surface area contributed by atoms with E-state index in [4.69, 9.17) is 16.3 Å². The molecule has 6 nitrogen and oxygen atoms in total. The maximum atomic E-state index is 12.0. The molecule has 0 unspecified atom stereocenters. The summed E-state index contributed by atoms with van der Waals surface area (Å²) >= 11 is 5.44. The molecule has 8 heteroatoms. The van der Waals surface area contributed by atoms with Crippen molar-refractivity contribution in [3.8, 4) is 0 Å². The molecule has 1 aromatic heterocycles. The maximum Gasteiger partial charge on any atom is 0.259 e. The van der Waals surface area contributed by atoms with Crippen LogP contribution in [0.25, 0.3) is 0 Å². The van der Waals surface area contributed by atoms with Gasteiger partial charge in [0.25, 0.3) is 10.0 Å². The van der Waals surface area contributed by atoms with Gasteiger partial charge in [-0.3, -0.25) is 0 Å². The molecule has 1 N–H and O–H groups in total. The molecule has 0 aliphatic heterocycles. The Labute approximate surface area is 119 Å². The lowest BCUT2D eigenvalue weighted by Crippen LogP contribution is -2.28. The van der Waals surface area contributed by atoms with E-state index in [2.05, 4.69) is 9.71 Å². The van der Waals surface area contributed by atoms with E-state index in [-0.39, 0.29) is 11.6 Å². The second-order valence-electron chi connectivity index (χ2n) is 4.02. The number of hydrogen-bond acceptors (Lipinski definition) is 4. The van der Waals surface area contributed by atoms with Crippen molar-refractivity contribution in [1.82, 2.24) is 14.3 Å². The maximum absolute atomic E-state index is 12.0. The summed E-state index contributed by atoms with van der Waals surface area (Å²) in [7, 11) is -3.56. The minimum atomic E-state index is -3.56. The lowest BCUT2D eigenvalue weighted by atomic mass is 10.5. The first-order chi connectivity index (χ1) is 9.01. The van der Waals surface area contributed by atoms with Crippen LogP contribution in [0.4, 0.5) is 0 Å². The van der Waals surface area contributed by atoms with E-state index in [0.717, 1.165) is 13.0 Å². The highest BCUT2D eigenvalue weighted by Gasteiger charge is 2.18. The average molecular weight is 310 g/mol. The topological polar surface area (TPSA) is 73.2 Å². The second kappa shape index (κ2) is 7.84. The molecule has 0 bridgehead atoms. The second-order valence-corrected chi connectivity index (χ2v) is 6.11. The van der Waals surface area contributed by atoms with E-state index in [9.17, 15) is 8.42 Å². The Morgan fingerprint density at radius 3 is 2.84 bits per heavy atom. The van der Waals surface area contributed by atoms with Crippen molar-refractivity contribution in [1.29, 1.82) is 0 Å². The van der Waals surface area contributed by atoms with E-state index in [1.165, 1.54) is 0 Å². The molecule has 1 aromatic rings. The van der Waals surface area contributed by atoms with Crippen LogP contribution in [-0.4, -0.2) is 43.6 Å². The van der Waals surface area contributed by atoms with Gasteiger partial charge < -0.3 is 9.30 Å². The lowest BCUT2D eigenvalue weighted by Gasteiger charge is -2.04. The number of nitrogens with zero attached hydrogens (tertiary/aromatic N) is 2. The highest BCUT2D eigenvalue weighted by atomic mass is 35.5. The van der Waals surface area contributed by atoms with E-state index in [1.807, 2.05) is 11.5 Å². The van der Waals surface area contributed by atoms with Gasteiger partial charge in [0, 0.05) is 25.2 Å². The molecule has 0 fully saturated rings. The van der Waals surface area contributed by atoms with Crippen LogP contribution in [0.15, 0.2) is 11.2 Å². The van der Waals surface area contributed by atoms with Crippen LogP contribution in [0.2, 0.25) is 0 Å². The van der Waals surface area contributed by atoms with Crippen LogP contribution in [0.3, 0.4) is 0 Å². The zero-order valence-corrected chi connectivity index (χ0v) is 12.8. The van der Waals surface area contributed by atoms with Gasteiger partial charge in [-0.2, -0.15) is 0 Å². The molecule has 0 radical (unpaired) electrons. The van der Waals surface area contributed by atoms with Gasteiger partial charge in [0.2, 0.25) is 0 Å². The normalized spacial score (nSPS) is 11.9. The van der Waals surface area contributed by atoms with Gasteiger partial charge in [-0.25, -0.2) is 18.1 Å². The number of halogens is 1. The molecular weight excluding hydrogens is 290 g/mol. The van der Waals surface area contributed by atoms with Crippen LogP contribution >= 0.6 is 11.6 Å². The number of nitrogens with one attached hydrogen (secondary N) is 1. The van der Waals surface area contributed by atoms with Crippen molar-refractivity contribution in [2.45, 2.75) is 31.8 Å². The van der Waals surface area contributed by atoms with Crippen molar-refractivity contribution in [2.75, 3.05) is 25.6 Å². The predicted octanol–water partition coefficient (Wildman–Crippen LogP) is 1.14. The van der Waals surface area contributed by atoms with Crippen LogP contribution in [0.5, 0.6) is 0 Å². The Bertz CT molecular complexity index is 487. The third-order valence-corrected chi connectivity index (χ3v) is 3.94. The molecule has 0 atom stereocenters. The van der Waals surface area contributed by atoms with Crippen LogP contribution in [0, 0.1) is 6.92 Å². The number of rotatable bonds is 9. The number of sulfonamides is 1. The Hall–Kier alpha value is -0.630. The molecule has 0 aliphatic carbocycles. The molecule has 110 valence electrons. The Balaban J connectivity index is 2.59. The van der Waals surface area contributed by atoms with Crippen molar-refractivity contribution < 1.29 is 13.2 Å². The van der Waals surface area contributed by atoms with Crippen LogP contribution in [-0.2, 0) is 21.3 Å². The van der Waals surface area contributed by atoms with Gasteiger partial charge in [-0.15, -0.1) is 11.6 Å². The number of hydrogen-bond donors (Lipinski definition) is 1. The fraction of sp³-hybridized carbons (Fsp3) is 0.727. The van der Waals surface area contributed by atoms with Crippen LogP contribution in [0.1, 0.15) is 19.2 Å². The Kier molecular flexibility index (Phi) is 6.78. The molecule has 0 saturated carbocycles. The fourth-order valence-electron chi connectivity index (χ4n) is 1.55. The molecule has 0 amide bonds. The van der Waals surface area contributed by atoms with Gasteiger partial charge in [0.1, 0.15) is 5.82 Å². The molecule has 0 aliphatic rings. The highest BCUT2D eigenvalue weighted by molar-refractivity contribution is 7.89. The van der Waals surface area contributed by atoms with E-state index >= 15 is 0 Å². The summed E-state index contributed by atoms with van der Waals surface area (Å²) in [5, 5.41) is 0.0517. The summed E-state index contributed by atoms with van der Waals surface area (Å²) in [5.41, 5.74) is 0. The monoisotopic (exact) mass is 309 g/mol. The summed E-state index contributed by atoms with van der Waals surface area (Å²) in [6.45, 7) is 5.48. The summed E-state index contributed by atoms with van der Waals surface area (Å²) < 4.78 is 33.3. The van der Waals surface area contributed by atoms with Gasteiger partial charge >= 0.3 is 0 Å². The first-order valence-electron chi connectivity index (χ1n) is 6.18. The number of imidazole rings is 1. The van der Waals surface area contributed by atoms with Crippen molar-refractivity contribution in [2.24, 2.45) is 0 Å². The molecule has 1 heterocycles. The summed E-state index contributed by atoms with van der Waals surface area (Å²) in [6, 6.07) is 0. The fourth-order valence-corrected chi connectivity index (χ4v) is 2.68. The van der Waals surface area contributed by atoms with Crippen molar-refractivity contribution in [3.63, 3.8) is 0 Å².